The summed E-state index contributed by atoms with van der Waals surface area (Å²) in [6, 6.07) is 7.47. The zero-order valence-corrected chi connectivity index (χ0v) is 16.5. The number of amides is 1. The van der Waals surface area contributed by atoms with Gasteiger partial charge in [-0.3, -0.25) is 4.79 Å². The largest absolute Gasteiger partial charge is 0.411 e. The summed E-state index contributed by atoms with van der Waals surface area (Å²) in [5.74, 6) is 0.431. The molecule has 0 unspecified atom stereocenters. The molecule has 140 valence electrons. The Morgan fingerprint density at radius 2 is 2.00 bits per heavy atom. The van der Waals surface area contributed by atoms with Crippen molar-refractivity contribution in [1.29, 1.82) is 0 Å². The van der Waals surface area contributed by atoms with Gasteiger partial charge in [0, 0.05) is 18.7 Å². The first kappa shape index (κ1) is 18.9. The first-order valence-electron chi connectivity index (χ1n) is 8.29. The van der Waals surface area contributed by atoms with Gasteiger partial charge in [-0.1, -0.05) is 29.5 Å². The van der Waals surface area contributed by atoms with Crippen LogP contribution in [-0.4, -0.2) is 59.3 Å². The molecule has 1 saturated heterocycles. The third-order valence-corrected chi connectivity index (χ3v) is 7.11. The molecule has 7 nitrogen and oxygen atoms in total. The molecule has 1 amide bonds. The Labute approximate surface area is 157 Å². The van der Waals surface area contributed by atoms with E-state index in [0.717, 1.165) is 11.1 Å². The summed E-state index contributed by atoms with van der Waals surface area (Å²) in [6.07, 6.45) is 0.486. The fourth-order valence-electron chi connectivity index (χ4n) is 2.82. The lowest BCUT2D eigenvalue weighted by Gasteiger charge is -2.25. The van der Waals surface area contributed by atoms with Crippen molar-refractivity contribution in [1.82, 2.24) is 15.1 Å². The van der Waals surface area contributed by atoms with Crippen LogP contribution in [-0.2, 0) is 14.6 Å². The molecule has 1 aromatic heterocycles. The number of sulfone groups is 1. The number of hydrogen-bond acceptors (Lipinski definition) is 7. The van der Waals surface area contributed by atoms with Crippen molar-refractivity contribution in [3.05, 3.63) is 29.8 Å². The van der Waals surface area contributed by atoms with Gasteiger partial charge in [-0.2, -0.15) is 0 Å². The van der Waals surface area contributed by atoms with Gasteiger partial charge in [0.2, 0.25) is 11.8 Å². The van der Waals surface area contributed by atoms with Crippen LogP contribution in [0.15, 0.2) is 33.9 Å². The molecule has 2 atom stereocenters. The van der Waals surface area contributed by atoms with Gasteiger partial charge < -0.3 is 9.32 Å². The number of rotatable bonds is 5. The first-order valence-corrected chi connectivity index (χ1v) is 11.0. The van der Waals surface area contributed by atoms with Crippen molar-refractivity contribution >= 4 is 27.5 Å². The summed E-state index contributed by atoms with van der Waals surface area (Å²) in [7, 11) is -1.38. The van der Waals surface area contributed by atoms with Crippen molar-refractivity contribution in [3.8, 4) is 11.5 Å². The Morgan fingerprint density at radius 3 is 2.62 bits per heavy atom. The molecule has 3 rings (SSSR count). The van der Waals surface area contributed by atoms with E-state index in [2.05, 4.69) is 10.2 Å². The van der Waals surface area contributed by atoms with Crippen LogP contribution in [0.2, 0.25) is 0 Å². The van der Waals surface area contributed by atoms with Crippen LogP contribution in [0.25, 0.3) is 11.5 Å². The lowest BCUT2D eigenvalue weighted by atomic mass is 10.1. The predicted octanol–water partition coefficient (Wildman–Crippen LogP) is 2.17. The van der Waals surface area contributed by atoms with Gasteiger partial charge in [-0.05, 0) is 32.4 Å². The second-order valence-corrected chi connectivity index (χ2v) is 10.0. The smallest absolute Gasteiger partial charge is 0.277 e. The SMILES string of the molecule is Cc1ccc(-c2nnc(S[C@H](C)C(=O)N(C)[C@H]3CCS(=O)(=O)C3)o2)cc1. The number of aryl methyl sites for hydroxylation is 1. The highest BCUT2D eigenvalue weighted by Crippen LogP contribution is 2.28. The molecule has 0 bridgehead atoms. The number of carbonyl (C=O) groups excluding carboxylic acids is 1. The van der Waals surface area contributed by atoms with Crippen LogP contribution in [0.4, 0.5) is 0 Å². The zero-order valence-electron chi connectivity index (χ0n) is 14.9. The molecule has 0 spiro atoms. The van der Waals surface area contributed by atoms with E-state index in [1.165, 1.54) is 16.7 Å². The molecule has 2 aromatic rings. The van der Waals surface area contributed by atoms with Gasteiger partial charge in [0.05, 0.1) is 16.8 Å². The molecule has 1 aliphatic heterocycles. The molecule has 0 saturated carbocycles. The quantitative estimate of drug-likeness (QED) is 0.716. The topological polar surface area (TPSA) is 93.4 Å². The molecule has 0 aliphatic carbocycles. The number of thioether (sulfide) groups is 1. The molecule has 9 heteroatoms. The van der Waals surface area contributed by atoms with Gasteiger partial charge >= 0.3 is 0 Å². The summed E-state index contributed by atoms with van der Waals surface area (Å²) in [6.45, 7) is 3.75. The van der Waals surface area contributed by atoms with E-state index in [1.54, 1.807) is 14.0 Å². The Balaban J connectivity index is 1.63. The van der Waals surface area contributed by atoms with Gasteiger partial charge in [-0.15, -0.1) is 10.2 Å². The van der Waals surface area contributed by atoms with Crippen molar-refractivity contribution in [2.45, 2.75) is 36.8 Å². The standard InChI is InChI=1S/C17H21N3O4S2/c1-11-4-6-13(7-5-11)15-18-19-17(24-15)25-12(2)16(21)20(3)14-8-9-26(22,23)10-14/h4-7,12,14H,8-10H2,1-3H3/t12-,14+/m1/s1. The van der Waals surface area contributed by atoms with Crippen molar-refractivity contribution < 1.29 is 17.6 Å². The fourth-order valence-corrected chi connectivity index (χ4v) is 5.38. The van der Waals surface area contributed by atoms with Crippen LogP contribution < -0.4 is 0 Å². The number of aromatic nitrogens is 2. The fraction of sp³-hybridized carbons (Fsp3) is 0.471. The average molecular weight is 396 g/mol. The van der Waals surface area contributed by atoms with Crippen molar-refractivity contribution in [2.24, 2.45) is 0 Å². The van der Waals surface area contributed by atoms with Crippen LogP contribution in [0, 0.1) is 6.92 Å². The van der Waals surface area contributed by atoms with E-state index in [1.807, 2.05) is 31.2 Å². The minimum Gasteiger partial charge on any atom is -0.411 e. The molecular formula is C17H21N3O4S2. The van der Waals surface area contributed by atoms with Crippen LogP contribution in [0.3, 0.4) is 0 Å². The summed E-state index contributed by atoms with van der Waals surface area (Å²) >= 11 is 1.18. The lowest BCUT2D eigenvalue weighted by Crippen LogP contribution is -2.41. The van der Waals surface area contributed by atoms with Crippen LogP contribution in [0.5, 0.6) is 0 Å². The molecule has 0 radical (unpaired) electrons. The summed E-state index contributed by atoms with van der Waals surface area (Å²) < 4.78 is 28.9. The molecule has 1 aromatic carbocycles. The second-order valence-electron chi connectivity index (χ2n) is 6.51. The van der Waals surface area contributed by atoms with E-state index < -0.39 is 15.1 Å². The number of nitrogens with zero attached hydrogens (tertiary/aromatic N) is 3. The van der Waals surface area contributed by atoms with Gasteiger partial charge in [0.1, 0.15) is 0 Å². The maximum atomic E-state index is 12.6. The Morgan fingerprint density at radius 1 is 1.31 bits per heavy atom. The first-order chi connectivity index (χ1) is 12.2. The highest BCUT2D eigenvalue weighted by Gasteiger charge is 2.34. The van der Waals surface area contributed by atoms with Crippen LogP contribution in [0.1, 0.15) is 18.9 Å². The number of hydrogen-bond donors (Lipinski definition) is 0. The Kier molecular flexibility index (Phi) is 5.38. The van der Waals surface area contributed by atoms with E-state index in [4.69, 9.17) is 4.42 Å². The molecule has 0 N–H and O–H groups in total. The third kappa shape index (κ3) is 4.27. The Bertz CT molecular complexity index is 893. The molecule has 1 aliphatic rings. The van der Waals surface area contributed by atoms with Crippen molar-refractivity contribution in [2.75, 3.05) is 18.6 Å². The molecule has 26 heavy (non-hydrogen) atoms. The van der Waals surface area contributed by atoms with Crippen LogP contribution >= 0.6 is 11.8 Å². The van der Waals surface area contributed by atoms with E-state index in [9.17, 15) is 13.2 Å². The van der Waals surface area contributed by atoms with Gasteiger partial charge in [0.25, 0.3) is 5.22 Å². The van der Waals surface area contributed by atoms with E-state index >= 15 is 0 Å². The van der Waals surface area contributed by atoms with E-state index in [0.29, 0.717) is 17.5 Å². The maximum Gasteiger partial charge on any atom is 0.277 e. The minimum absolute atomic E-state index is 0.0325. The predicted molar refractivity (Wildman–Crippen MR) is 99.6 cm³/mol. The second kappa shape index (κ2) is 7.40. The molecule has 2 heterocycles. The zero-order chi connectivity index (χ0) is 18.9. The molecule has 1 fully saturated rings. The normalized spacial score (nSPS) is 20.0. The highest BCUT2D eigenvalue weighted by atomic mass is 32.2. The number of carbonyl (C=O) groups is 1. The summed E-state index contributed by atoms with van der Waals surface area (Å²) in [4.78, 5) is 14.1. The third-order valence-electron chi connectivity index (χ3n) is 4.43. The van der Waals surface area contributed by atoms with Gasteiger partial charge in [-0.25, -0.2) is 8.42 Å². The molecular weight excluding hydrogens is 374 g/mol. The Hall–Kier alpha value is -1.87. The van der Waals surface area contributed by atoms with E-state index in [-0.39, 0.29) is 23.5 Å². The van der Waals surface area contributed by atoms with Crippen molar-refractivity contribution in [3.63, 3.8) is 0 Å². The highest BCUT2D eigenvalue weighted by molar-refractivity contribution is 8.00. The summed E-state index contributed by atoms with van der Waals surface area (Å²) in [5.41, 5.74) is 1.96. The minimum atomic E-state index is -3.03. The number of benzene rings is 1. The monoisotopic (exact) mass is 395 g/mol. The van der Waals surface area contributed by atoms with Gasteiger partial charge in [0.15, 0.2) is 9.84 Å². The average Bonchev–Trinajstić information content (AvgIpc) is 3.20. The summed E-state index contributed by atoms with van der Waals surface area (Å²) in [5, 5.41) is 7.89. The maximum absolute atomic E-state index is 12.6. The lowest BCUT2D eigenvalue weighted by molar-refractivity contribution is -0.130.